The van der Waals surface area contributed by atoms with E-state index < -0.39 is 11.9 Å². The Labute approximate surface area is 165 Å². The number of para-hydroxylation sites is 1. The van der Waals surface area contributed by atoms with Gasteiger partial charge in [0.25, 0.3) is 0 Å². The van der Waals surface area contributed by atoms with Gasteiger partial charge in [0.2, 0.25) is 0 Å². The van der Waals surface area contributed by atoms with Gasteiger partial charge >= 0.3 is 5.69 Å². The number of hydrogen-bond donors (Lipinski definition) is 1. The summed E-state index contributed by atoms with van der Waals surface area (Å²) in [5.41, 5.74) is 2.15. The average Bonchev–Trinajstić information content (AvgIpc) is 3.60. The van der Waals surface area contributed by atoms with Gasteiger partial charge in [0, 0.05) is 11.8 Å². The van der Waals surface area contributed by atoms with Crippen molar-refractivity contribution < 1.29 is 4.39 Å². The molecule has 0 aliphatic heterocycles. The number of halogens is 2. The van der Waals surface area contributed by atoms with Gasteiger partial charge in [-0.25, -0.2) is 9.18 Å². The molecule has 28 heavy (non-hydrogen) atoms. The molecule has 0 bridgehead atoms. The number of nitriles is 1. The summed E-state index contributed by atoms with van der Waals surface area (Å²) in [7, 11) is 0. The van der Waals surface area contributed by atoms with Gasteiger partial charge in [-0.1, -0.05) is 23.7 Å². The fraction of sp³-hybridized carbons (Fsp3) is 0.286. The van der Waals surface area contributed by atoms with E-state index >= 15 is 0 Å². The summed E-state index contributed by atoms with van der Waals surface area (Å²) in [6.45, 7) is 0. The number of rotatable bonds is 4. The second kappa shape index (κ2) is 6.32. The van der Waals surface area contributed by atoms with Gasteiger partial charge in [0.15, 0.2) is 0 Å². The van der Waals surface area contributed by atoms with Gasteiger partial charge < -0.3 is 5.32 Å². The molecule has 5 nitrogen and oxygen atoms in total. The predicted octanol–water partition coefficient (Wildman–Crippen LogP) is 4.31. The zero-order valence-corrected chi connectivity index (χ0v) is 15.6. The molecule has 0 radical (unpaired) electrons. The molecule has 0 amide bonds. The Morgan fingerprint density at radius 2 is 2.04 bits per heavy atom. The highest BCUT2D eigenvalue weighted by Gasteiger charge is 2.38. The molecule has 1 aromatic heterocycles. The smallest absolute Gasteiger partial charge is 0.354 e. The third kappa shape index (κ3) is 2.83. The van der Waals surface area contributed by atoms with Crippen LogP contribution in [0.2, 0.25) is 5.02 Å². The zero-order valence-electron chi connectivity index (χ0n) is 14.8. The predicted molar refractivity (Wildman–Crippen MR) is 106 cm³/mol. The van der Waals surface area contributed by atoms with Crippen molar-refractivity contribution in [3.8, 4) is 11.8 Å². The minimum Gasteiger partial charge on any atom is -0.364 e. The lowest BCUT2D eigenvalue weighted by atomic mass is 10.0. The molecule has 2 atom stereocenters. The van der Waals surface area contributed by atoms with Crippen LogP contribution in [0.1, 0.15) is 36.3 Å². The van der Waals surface area contributed by atoms with Crippen molar-refractivity contribution in [1.82, 2.24) is 9.55 Å². The summed E-state index contributed by atoms with van der Waals surface area (Å²) >= 11 is 6.35. The minimum absolute atomic E-state index is 0.312. The largest absolute Gasteiger partial charge is 0.364 e. The molecule has 2 aliphatic rings. The molecule has 5 rings (SSSR count). The third-order valence-corrected chi connectivity index (χ3v) is 5.65. The average molecular weight is 395 g/mol. The van der Waals surface area contributed by atoms with E-state index in [1.165, 1.54) is 4.57 Å². The van der Waals surface area contributed by atoms with Crippen molar-refractivity contribution in [3.63, 3.8) is 0 Å². The lowest BCUT2D eigenvalue weighted by molar-refractivity contribution is 0.472. The molecule has 2 aliphatic carbocycles. The highest BCUT2D eigenvalue weighted by Crippen LogP contribution is 2.43. The van der Waals surface area contributed by atoms with E-state index in [-0.39, 0.29) is 6.04 Å². The maximum absolute atomic E-state index is 13.4. The Kier molecular flexibility index (Phi) is 3.88. The van der Waals surface area contributed by atoms with E-state index in [4.69, 9.17) is 11.6 Å². The van der Waals surface area contributed by atoms with Crippen molar-refractivity contribution in [3.05, 3.63) is 63.0 Å². The number of nitrogens with zero attached hydrogens (tertiary/aromatic N) is 3. The van der Waals surface area contributed by atoms with Crippen LogP contribution in [0, 0.1) is 11.3 Å². The fourth-order valence-corrected chi connectivity index (χ4v) is 3.80. The first-order valence-electron chi connectivity index (χ1n) is 9.23. The highest BCUT2D eigenvalue weighted by molar-refractivity contribution is 6.32. The van der Waals surface area contributed by atoms with Gasteiger partial charge in [-0.15, -0.1) is 0 Å². The van der Waals surface area contributed by atoms with Crippen LogP contribution < -0.4 is 11.0 Å². The molecule has 3 aromatic rings. The van der Waals surface area contributed by atoms with Gasteiger partial charge in [-0.05, 0) is 48.6 Å². The number of aromatic nitrogens is 2. The lowest BCUT2D eigenvalue weighted by Gasteiger charge is -2.16. The molecule has 0 spiro atoms. The van der Waals surface area contributed by atoms with Gasteiger partial charge in [0.1, 0.15) is 12.0 Å². The first-order valence-corrected chi connectivity index (χ1v) is 9.61. The Balaban J connectivity index is 1.82. The number of anilines is 1. The lowest BCUT2D eigenvalue weighted by Crippen LogP contribution is -2.24. The summed E-state index contributed by atoms with van der Waals surface area (Å²) in [5.74, 6) is 0.643. The monoisotopic (exact) mass is 394 g/mol. The molecule has 2 fully saturated rings. The molecule has 2 aromatic carbocycles. The third-order valence-electron chi connectivity index (χ3n) is 5.33. The molecule has 1 N–H and O–H groups in total. The van der Waals surface area contributed by atoms with E-state index in [9.17, 15) is 14.4 Å². The maximum Gasteiger partial charge on any atom is 0.354 e. The van der Waals surface area contributed by atoms with Gasteiger partial charge in [-0.2, -0.15) is 10.2 Å². The number of hydrogen-bond acceptors (Lipinski definition) is 4. The Morgan fingerprint density at radius 3 is 2.68 bits per heavy atom. The van der Waals surface area contributed by atoms with Crippen LogP contribution in [0.3, 0.4) is 0 Å². The maximum atomic E-state index is 13.4. The van der Waals surface area contributed by atoms with Crippen molar-refractivity contribution in [2.45, 2.75) is 37.4 Å². The van der Waals surface area contributed by atoms with Gasteiger partial charge in [0.05, 0.1) is 33.9 Å². The van der Waals surface area contributed by atoms with Crippen LogP contribution >= 0.6 is 11.6 Å². The summed E-state index contributed by atoms with van der Waals surface area (Å²) in [6.07, 6.45) is 1.50. The minimum atomic E-state index is -0.941. The Morgan fingerprint density at radius 1 is 1.29 bits per heavy atom. The molecule has 0 saturated heterocycles. The SMILES string of the molecule is N#Cc1cc2c(NC3CC3F)nc(=O)n(-c3ccccc3Cl)c2cc1C1CC1. The molecule has 7 heteroatoms. The van der Waals surface area contributed by atoms with Crippen molar-refractivity contribution >= 4 is 28.3 Å². The zero-order chi connectivity index (χ0) is 19.4. The van der Waals surface area contributed by atoms with Crippen molar-refractivity contribution in [1.29, 1.82) is 5.26 Å². The highest BCUT2D eigenvalue weighted by atomic mass is 35.5. The standard InChI is InChI=1S/C21H16ClFN4O/c22-15-3-1-2-4-18(15)27-19-8-13(11-5-6-11)12(10-24)7-14(19)20(26-21(27)28)25-17-9-16(17)23/h1-4,7-8,11,16-17H,5-6,9H2,(H,25,26,28). The topological polar surface area (TPSA) is 70.7 Å². The van der Waals surface area contributed by atoms with Crippen molar-refractivity contribution in [2.75, 3.05) is 5.32 Å². The normalized spacial score (nSPS) is 20.8. The second-order valence-electron chi connectivity index (χ2n) is 7.38. The number of benzene rings is 2. The summed E-state index contributed by atoms with van der Waals surface area (Å²) in [5, 5.41) is 13.7. The second-order valence-corrected chi connectivity index (χ2v) is 7.78. The summed E-state index contributed by atoms with van der Waals surface area (Å²) in [4.78, 5) is 17.1. The molecular formula is C21H16ClFN4O. The Hall–Kier alpha value is -2.91. The van der Waals surface area contributed by atoms with Crippen LogP contribution in [-0.4, -0.2) is 21.8 Å². The number of nitrogens with one attached hydrogen (secondary N) is 1. The fourth-order valence-electron chi connectivity index (χ4n) is 3.58. The first kappa shape index (κ1) is 17.2. The van der Waals surface area contributed by atoms with Crippen LogP contribution in [0.15, 0.2) is 41.2 Å². The number of fused-ring (bicyclic) bond motifs is 1. The van der Waals surface area contributed by atoms with Crippen LogP contribution in [0.5, 0.6) is 0 Å². The van der Waals surface area contributed by atoms with E-state index in [2.05, 4.69) is 16.4 Å². The van der Waals surface area contributed by atoms with E-state index in [0.29, 0.717) is 45.3 Å². The van der Waals surface area contributed by atoms with Crippen LogP contribution in [0.4, 0.5) is 10.2 Å². The summed E-state index contributed by atoms with van der Waals surface area (Å²) in [6, 6.07) is 12.6. The molecular weight excluding hydrogens is 379 g/mol. The molecule has 1 heterocycles. The van der Waals surface area contributed by atoms with E-state index in [1.54, 1.807) is 30.3 Å². The van der Waals surface area contributed by atoms with E-state index in [0.717, 1.165) is 18.4 Å². The summed E-state index contributed by atoms with van der Waals surface area (Å²) < 4.78 is 14.9. The quantitative estimate of drug-likeness (QED) is 0.715. The first-order chi connectivity index (χ1) is 13.6. The Bertz CT molecular complexity index is 1210. The van der Waals surface area contributed by atoms with Crippen LogP contribution in [0.25, 0.3) is 16.6 Å². The molecule has 2 unspecified atom stereocenters. The number of alkyl halides is 1. The molecule has 140 valence electrons. The van der Waals surface area contributed by atoms with E-state index in [1.807, 2.05) is 6.07 Å². The van der Waals surface area contributed by atoms with Crippen molar-refractivity contribution in [2.24, 2.45) is 0 Å². The van der Waals surface area contributed by atoms with Gasteiger partial charge in [-0.3, -0.25) is 4.57 Å². The molecule has 2 saturated carbocycles. The van der Waals surface area contributed by atoms with Crippen LogP contribution in [-0.2, 0) is 0 Å².